The van der Waals surface area contributed by atoms with Crippen molar-refractivity contribution in [1.29, 1.82) is 0 Å². The molecule has 5 rings (SSSR count). The lowest BCUT2D eigenvalue weighted by Gasteiger charge is -2.22. The Morgan fingerprint density at radius 3 is 2.23 bits per heavy atom. The van der Waals surface area contributed by atoms with Crippen molar-refractivity contribution < 1.29 is 85.3 Å². The summed E-state index contributed by atoms with van der Waals surface area (Å²) in [4.78, 5) is 62.2. The van der Waals surface area contributed by atoms with Crippen LogP contribution in [0.4, 0.5) is 5.82 Å². The monoisotopic (exact) mass is 744 g/mol. The van der Waals surface area contributed by atoms with E-state index in [-0.39, 0.29) is 22.5 Å². The zero-order valence-corrected chi connectivity index (χ0v) is 26.6. The van der Waals surface area contributed by atoms with Crippen molar-refractivity contribution in [2.45, 2.75) is 49.1 Å². The Kier molecular flexibility index (Phi) is 10.5. The summed E-state index contributed by atoms with van der Waals surface area (Å²) >= 11 is 0. The van der Waals surface area contributed by atoms with Crippen molar-refractivity contribution in [2.75, 3.05) is 18.9 Å². The fourth-order valence-corrected chi connectivity index (χ4v) is 7.47. The number of imidazole rings is 1. The van der Waals surface area contributed by atoms with Crippen LogP contribution in [0.15, 0.2) is 37.2 Å². The molecule has 2 unspecified atom stereocenters. The third-order valence-electron chi connectivity index (χ3n) is 6.98. The van der Waals surface area contributed by atoms with Gasteiger partial charge in [-0.3, -0.25) is 22.9 Å². The number of phosphoric ester groups is 3. The van der Waals surface area contributed by atoms with Crippen LogP contribution >= 0.6 is 23.5 Å². The van der Waals surface area contributed by atoms with Crippen molar-refractivity contribution >= 4 is 46.4 Å². The Bertz CT molecular complexity index is 1810. The van der Waals surface area contributed by atoms with E-state index in [4.69, 9.17) is 30.0 Å². The first kappa shape index (κ1) is 36.4. The molecular weight excluding hydrogens is 715 g/mol. The normalized spacial score (nSPS) is 30.3. The molecule has 0 bridgehead atoms. The van der Waals surface area contributed by atoms with E-state index in [0.29, 0.717) is 0 Å². The third kappa shape index (κ3) is 8.12. The quantitative estimate of drug-likeness (QED) is 0.0626. The Hall–Kier alpha value is -2.86. The third-order valence-corrected chi connectivity index (χ3v) is 10.1. The van der Waals surface area contributed by atoms with Gasteiger partial charge in [-0.05, 0) is 6.07 Å². The summed E-state index contributed by atoms with van der Waals surface area (Å²) in [6.45, 7) is -2.03. The number of amides is 1. The molecule has 2 saturated heterocycles. The number of primary amides is 1. The molecule has 3 aromatic heterocycles. The lowest BCUT2D eigenvalue weighted by molar-refractivity contribution is -0.765. The second kappa shape index (κ2) is 13.8. The van der Waals surface area contributed by atoms with E-state index < -0.39 is 91.7 Å². The van der Waals surface area contributed by atoms with Gasteiger partial charge in [-0.2, -0.15) is 8.88 Å². The van der Waals surface area contributed by atoms with Crippen LogP contribution in [0.1, 0.15) is 22.8 Å². The first-order valence-electron chi connectivity index (χ1n) is 13.3. The topological polar surface area (TPSA) is 365 Å². The van der Waals surface area contributed by atoms with Crippen molar-refractivity contribution in [3.63, 3.8) is 0 Å². The van der Waals surface area contributed by atoms with E-state index in [2.05, 4.69) is 23.8 Å². The van der Waals surface area contributed by atoms with Gasteiger partial charge < -0.3 is 55.8 Å². The molecule has 0 radical (unpaired) electrons. The minimum atomic E-state index is -5.52. The van der Waals surface area contributed by atoms with Crippen molar-refractivity contribution in [2.24, 2.45) is 5.73 Å². The Morgan fingerprint density at radius 1 is 0.958 bits per heavy atom. The summed E-state index contributed by atoms with van der Waals surface area (Å²) < 4.78 is 68.4. The average Bonchev–Trinajstić information content (AvgIpc) is 3.64. The molecule has 264 valence electrons. The zero-order chi connectivity index (χ0) is 35.2. The highest BCUT2D eigenvalue weighted by molar-refractivity contribution is 7.61. The molecule has 5 heterocycles. The summed E-state index contributed by atoms with van der Waals surface area (Å²) in [5.41, 5.74) is 11.1. The van der Waals surface area contributed by atoms with Crippen LogP contribution in [0.25, 0.3) is 11.2 Å². The minimum absolute atomic E-state index is 0.00286. The number of ether oxygens (including phenoxy) is 2. The van der Waals surface area contributed by atoms with Crippen LogP contribution in [-0.4, -0.2) is 110 Å². The van der Waals surface area contributed by atoms with Gasteiger partial charge in [0.05, 0.1) is 19.5 Å². The van der Waals surface area contributed by atoms with Gasteiger partial charge in [-0.1, -0.05) is 0 Å². The number of nitrogen functional groups attached to an aromatic ring is 1. The van der Waals surface area contributed by atoms with E-state index in [1.807, 2.05) is 0 Å². The molecule has 11 N–H and O–H groups in total. The molecular formula is C21H29N7O17P3+. The number of aliphatic hydroxyl groups excluding tert-OH is 3. The molecule has 0 spiro atoms. The Labute approximate surface area is 267 Å². The number of anilines is 1. The highest BCUT2D eigenvalue weighted by Crippen LogP contribution is 2.61. The van der Waals surface area contributed by atoms with E-state index in [1.165, 1.54) is 29.1 Å². The first-order valence-corrected chi connectivity index (χ1v) is 17.9. The summed E-state index contributed by atoms with van der Waals surface area (Å²) in [7, 11) is -16.3. The number of aromatic nitrogens is 5. The lowest BCUT2D eigenvalue weighted by Crippen LogP contribution is -2.46. The van der Waals surface area contributed by atoms with Crippen LogP contribution in [0.5, 0.6) is 0 Å². The maximum Gasteiger partial charge on any atom is 0.481 e. The molecule has 27 heteroatoms. The molecule has 2 fully saturated rings. The number of pyridine rings is 1. The van der Waals surface area contributed by atoms with Crippen LogP contribution in [0.3, 0.4) is 0 Å². The highest BCUT2D eigenvalue weighted by Gasteiger charge is 2.51. The lowest BCUT2D eigenvalue weighted by atomic mass is 10.1. The summed E-state index contributed by atoms with van der Waals surface area (Å²) in [6.07, 6.45) is -8.39. The van der Waals surface area contributed by atoms with Crippen LogP contribution in [0.2, 0.25) is 0 Å². The summed E-state index contributed by atoms with van der Waals surface area (Å²) in [5, 5.41) is 31.5. The number of hydrogen-bond donors (Lipinski definition) is 9. The zero-order valence-electron chi connectivity index (χ0n) is 23.9. The van der Waals surface area contributed by atoms with Crippen molar-refractivity contribution in [3.05, 3.63) is 42.7 Å². The van der Waals surface area contributed by atoms with Gasteiger partial charge in [-0.15, -0.1) is 0 Å². The van der Waals surface area contributed by atoms with Crippen LogP contribution in [-0.2, 0) is 41.1 Å². The van der Waals surface area contributed by atoms with Gasteiger partial charge in [0, 0.05) is 6.07 Å². The predicted molar refractivity (Wildman–Crippen MR) is 150 cm³/mol. The molecule has 24 nitrogen and oxygen atoms in total. The predicted octanol–water partition coefficient (Wildman–Crippen LogP) is -2.90. The van der Waals surface area contributed by atoms with E-state index in [9.17, 15) is 53.4 Å². The second-order valence-electron chi connectivity index (χ2n) is 10.3. The number of phosphoric acid groups is 3. The van der Waals surface area contributed by atoms with Crippen molar-refractivity contribution in [3.8, 4) is 0 Å². The second-order valence-corrected chi connectivity index (χ2v) is 14.5. The fraction of sp³-hybridized carbons (Fsp3) is 0.476. The molecule has 3 aromatic rings. The molecule has 2 aliphatic rings. The first-order chi connectivity index (χ1) is 22.4. The fourth-order valence-electron chi connectivity index (χ4n) is 4.83. The van der Waals surface area contributed by atoms with E-state index in [1.54, 1.807) is 0 Å². The Morgan fingerprint density at radius 2 is 1.60 bits per heavy atom. The molecule has 0 saturated carbocycles. The number of rotatable bonds is 13. The van der Waals surface area contributed by atoms with Gasteiger partial charge in [0.1, 0.15) is 47.9 Å². The smallest absolute Gasteiger partial charge is 0.387 e. The SMILES string of the molecule is NC(=O)c1ccc[n+]([C@H]2O[C@H](COP(=O)(O)OP(=O)(O)OC[C@H]3O[C@@H](n4cnc5c(N)ncnc54)[C@H](OP(=O)(O)O)[C@@H]3O)[C@@H](O)[C@H]2O)c1. The number of nitrogens with two attached hydrogens (primary N) is 2. The molecule has 48 heavy (non-hydrogen) atoms. The standard InChI is InChI=1S/C21H28N7O17P3/c22-17-12-19(25-7-24-17)28(8-26-12)21-16(44-46(33,34)35)14(30)11(43-21)6-41-48(38,39)45-47(36,37)40-5-10-13(29)15(31)20(42-10)27-3-1-2-9(4-27)18(23)32/h1-4,7-8,10-11,13-16,20-21,29-31H,5-6H2,(H7-,22,23,24,25,32,33,34,35,36,37,38,39)/p+1/t10-,11-,13-,14-,15-,16-,20+,21-/m1/s1. The largest absolute Gasteiger partial charge is 0.481 e. The maximum absolute atomic E-state index is 12.6. The summed E-state index contributed by atoms with van der Waals surface area (Å²) in [5.74, 6) is -0.848. The summed E-state index contributed by atoms with van der Waals surface area (Å²) in [6, 6.07) is 2.79. The molecule has 2 aliphatic heterocycles. The molecule has 10 atom stereocenters. The molecule has 1 amide bonds. The van der Waals surface area contributed by atoms with Gasteiger partial charge >= 0.3 is 23.5 Å². The van der Waals surface area contributed by atoms with Gasteiger partial charge in [0.25, 0.3) is 12.1 Å². The average molecular weight is 744 g/mol. The van der Waals surface area contributed by atoms with Crippen molar-refractivity contribution in [1.82, 2.24) is 19.5 Å². The highest BCUT2D eigenvalue weighted by atomic mass is 31.3. The number of carbonyl (C=O) groups excluding carboxylic acids is 1. The van der Waals surface area contributed by atoms with Crippen LogP contribution in [0, 0.1) is 0 Å². The van der Waals surface area contributed by atoms with Crippen LogP contribution < -0.4 is 16.0 Å². The van der Waals surface area contributed by atoms with Gasteiger partial charge in [-0.25, -0.2) is 28.6 Å². The number of carbonyl (C=O) groups is 1. The molecule has 0 aliphatic carbocycles. The van der Waals surface area contributed by atoms with Gasteiger partial charge in [0.2, 0.25) is 0 Å². The van der Waals surface area contributed by atoms with Gasteiger partial charge in [0.15, 0.2) is 36.2 Å². The number of hydrogen-bond acceptors (Lipinski definition) is 17. The Balaban J connectivity index is 1.21. The van der Waals surface area contributed by atoms with E-state index >= 15 is 0 Å². The minimum Gasteiger partial charge on any atom is -0.387 e. The molecule has 0 aromatic carbocycles. The number of aliphatic hydroxyl groups is 3. The number of fused-ring (bicyclic) bond motifs is 1. The maximum atomic E-state index is 12.6. The van der Waals surface area contributed by atoms with E-state index in [0.717, 1.165) is 17.2 Å². The number of nitrogens with zero attached hydrogens (tertiary/aromatic N) is 5.